The van der Waals surface area contributed by atoms with Crippen molar-refractivity contribution in [2.75, 3.05) is 26.2 Å². The monoisotopic (exact) mass is 710 g/mol. The van der Waals surface area contributed by atoms with Crippen molar-refractivity contribution in [3.63, 3.8) is 0 Å². The molecule has 2 spiro atoms. The van der Waals surface area contributed by atoms with Crippen LogP contribution in [0, 0.1) is 51.2 Å². The molecule has 51 heavy (non-hydrogen) atoms. The van der Waals surface area contributed by atoms with Gasteiger partial charge in [0.2, 0.25) is 17.6 Å². The minimum atomic E-state index is -1.01. The van der Waals surface area contributed by atoms with Gasteiger partial charge in [-0.25, -0.2) is 0 Å². The van der Waals surface area contributed by atoms with E-state index in [1.165, 1.54) is 0 Å². The number of fused-ring (bicyclic) bond motifs is 1. The van der Waals surface area contributed by atoms with Gasteiger partial charge in [-0.1, -0.05) is 74.1 Å². The number of Topliss-reactive ketones (excluding diaryl/α,β-unsaturated/α-hetero) is 3. The van der Waals surface area contributed by atoms with Crippen molar-refractivity contribution in [3.05, 3.63) is 0 Å². The maximum atomic E-state index is 14.9. The molecular formula is C41H66N4O6. The van der Waals surface area contributed by atoms with Gasteiger partial charge in [0.05, 0.1) is 6.04 Å². The largest absolute Gasteiger partial charge is 0.363 e. The van der Waals surface area contributed by atoms with Crippen molar-refractivity contribution in [3.8, 4) is 0 Å². The standard InChI is InChI=1S/C41H66N4O6/c1-25(2)29(35(50)44-17-16-43-38(6,7)23-44)20-28(46)21-30(37(3,4)5)36(51)45-24-41(39(8,9)40(41)14-11-15-40)22-31(45)32(47)19-27(33(48)34(42)49)18-26-12-10-13-26/h25-27,29-31,43H,10-24H2,1-9H3,(H2,42,49)/t27?,29-,30+,31-,41+/m0/s1. The summed E-state index contributed by atoms with van der Waals surface area (Å²) in [5, 5.41) is 3.44. The van der Waals surface area contributed by atoms with Gasteiger partial charge in [-0.3, -0.25) is 28.8 Å². The third kappa shape index (κ3) is 7.20. The number of carbonyl (C=O) groups is 6. The Labute approximate surface area is 306 Å². The zero-order chi connectivity index (χ0) is 37.9. The lowest BCUT2D eigenvalue weighted by atomic mass is 9.73. The summed E-state index contributed by atoms with van der Waals surface area (Å²) in [6.07, 6.45) is 7.28. The second-order valence-corrected chi connectivity index (χ2v) is 19.7. The topological polar surface area (TPSA) is 147 Å². The van der Waals surface area contributed by atoms with Crippen LogP contribution in [0.4, 0.5) is 0 Å². The van der Waals surface area contributed by atoms with Crippen molar-refractivity contribution in [1.29, 1.82) is 0 Å². The molecule has 3 amide bonds. The molecule has 5 rings (SSSR count). The molecule has 5 atom stereocenters. The van der Waals surface area contributed by atoms with Gasteiger partial charge in [-0.2, -0.15) is 0 Å². The summed E-state index contributed by atoms with van der Waals surface area (Å²) in [4.78, 5) is 85.8. The summed E-state index contributed by atoms with van der Waals surface area (Å²) in [5.41, 5.74) is 4.50. The van der Waals surface area contributed by atoms with Crippen molar-refractivity contribution >= 4 is 35.1 Å². The van der Waals surface area contributed by atoms with E-state index in [9.17, 15) is 28.8 Å². The quantitative estimate of drug-likeness (QED) is 0.239. The van der Waals surface area contributed by atoms with Crippen LogP contribution in [-0.2, 0) is 28.8 Å². The fraction of sp³-hybridized carbons (Fsp3) is 0.854. The predicted octanol–water partition coefficient (Wildman–Crippen LogP) is 5.10. The zero-order valence-electron chi connectivity index (χ0n) is 33.0. The van der Waals surface area contributed by atoms with E-state index in [4.69, 9.17) is 5.73 Å². The number of nitrogens with zero attached hydrogens (tertiary/aromatic N) is 2. The van der Waals surface area contributed by atoms with Gasteiger partial charge < -0.3 is 20.9 Å². The Morgan fingerprint density at radius 3 is 1.98 bits per heavy atom. The molecule has 2 saturated heterocycles. The molecule has 0 radical (unpaired) electrons. The van der Waals surface area contributed by atoms with Crippen molar-refractivity contribution in [2.45, 2.75) is 145 Å². The molecule has 10 nitrogen and oxygen atoms in total. The molecule has 3 aliphatic carbocycles. The molecule has 0 bridgehead atoms. The van der Waals surface area contributed by atoms with Gasteiger partial charge in [-0.05, 0) is 67.6 Å². The number of ketones is 3. The van der Waals surface area contributed by atoms with E-state index in [0.717, 1.165) is 38.5 Å². The fourth-order valence-corrected chi connectivity index (χ4v) is 10.8. The highest BCUT2D eigenvalue weighted by atomic mass is 16.2. The van der Waals surface area contributed by atoms with Crippen LogP contribution in [0.2, 0.25) is 0 Å². The Morgan fingerprint density at radius 1 is 0.863 bits per heavy atom. The van der Waals surface area contributed by atoms with Gasteiger partial charge in [0.15, 0.2) is 5.78 Å². The van der Waals surface area contributed by atoms with E-state index in [2.05, 4.69) is 33.0 Å². The number of piperazine rings is 1. The van der Waals surface area contributed by atoms with Crippen LogP contribution in [0.5, 0.6) is 0 Å². The number of carbonyl (C=O) groups excluding carboxylic acids is 6. The summed E-state index contributed by atoms with van der Waals surface area (Å²) in [6, 6.07) is -0.720. The minimum absolute atomic E-state index is 0.00467. The maximum Gasteiger partial charge on any atom is 0.285 e. The summed E-state index contributed by atoms with van der Waals surface area (Å²) in [7, 11) is 0. The highest BCUT2D eigenvalue weighted by Gasteiger charge is 2.85. The third-order valence-corrected chi connectivity index (χ3v) is 14.6. The molecule has 5 aliphatic rings. The summed E-state index contributed by atoms with van der Waals surface area (Å²) >= 11 is 0. The van der Waals surface area contributed by atoms with Crippen LogP contribution in [0.25, 0.3) is 0 Å². The van der Waals surface area contributed by atoms with Crippen LogP contribution in [0.1, 0.15) is 133 Å². The highest BCUT2D eigenvalue weighted by Crippen LogP contribution is 2.88. The van der Waals surface area contributed by atoms with E-state index in [-0.39, 0.29) is 70.3 Å². The smallest absolute Gasteiger partial charge is 0.285 e. The van der Waals surface area contributed by atoms with E-state index in [0.29, 0.717) is 44.9 Å². The lowest BCUT2D eigenvalue weighted by Gasteiger charge is -2.41. The molecule has 3 saturated carbocycles. The van der Waals surface area contributed by atoms with Crippen LogP contribution < -0.4 is 11.1 Å². The zero-order valence-corrected chi connectivity index (χ0v) is 33.0. The Balaban J connectivity index is 1.38. The van der Waals surface area contributed by atoms with E-state index < -0.39 is 40.9 Å². The Kier molecular flexibility index (Phi) is 10.9. The highest BCUT2D eigenvalue weighted by molar-refractivity contribution is 6.36. The minimum Gasteiger partial charge on any atom is -0.363 e. The number of likely N-dealkylation sites (tertiary alicyclic amines) is 1. The van der Waals surface area contributed by atoms with Gasteiger partial charge in [0, 0.05) is 74.1 Å². The van der Waals surface area contributed by atoms with E-state index in [1.54, 1.807) is 4.90 Å². The van der Waals surface area contributed by atoms with Crippen molar-refractivity contribution in [2.24, 2.45) is 57.0 Å². The first-order valence-electron chi connectivity index (χ1n) is 19.8. The molecule has 2 heterocycles. The lowest BCUT2D eigenvalue weighted by molar-refractivity contribution is -0.147. The molecule has 10 heteroatoms. The second kappa shape index (κ2) is 14.0. The number of hydrogen-bond acceptors (Lipinski definition) is 7. The molecule has 0 aromatic rings. The Hall–Kier alpha value is -2.62. The van der Waals surface area contributed by atoms with Gasteiger partial charge >= 0.3 is 0 Å². The van der Waals surface area contributed by atoms with Gasteiger partial charge in [0.25, 0.3) is 5.91 Å². The first-order chi connectivity index (χ1) is 23.6. The van der Waals surface area contributed by atoms with E-state index in [1.807, 2.05) is 39.5 Å². The number of nitrogens with one attached hydrogen (secondary N) is 1. The molecular weight excluding hydrogens is 644 g/mol. The van der Waals surface area contributed by atoms with Crippen LogP contribution in [-0.4, -0.2) is 82.6 Å². The summed E-state index contributed by atoms with van der Waals surface area (Å²) < 4.78 is 0. The lowest BCUT2D eigenvalue weighted by Crippen LogP contribution is -2.59. The van der Waals surface area contributed by atoms with Gasteiger partial charge in [-0.15, -0.1) is 0 Å². The maximum absolute atomic E-state index is 14.9. The average molecular weight is 711 g/mol. The molecule has 1 unspecified atom stereocenters. The molecule has 5 fully saturated rings. The van der Waals surface area contributed by atoms with Gasteiger partial charge in [0.1, 0.15) is 5.78 Å². The molecule has 286 valence electrons. The van der Waals surface area contributed by atoms with Crippen LogP contribution >= 0.6 is 0 Å². The first kappa shape index (κ1) is 39.6. The Morgan fingerprint density at radius 2 is 1.51 bits per heavy atom. The molecule has 3 N–H and O–H groups in total. The number of nitrogens with two attached hydrogens (primary N) is 1. The summed E-state index contributed by atoms with van der Waals surface area (Å²) in [6.45, 7) is 20.9. The number of hydrogen-bond donors (Lipinski definition) is 2. The SMILES string of the molecule is CC(C)[C@H](CC(=O)C[C@H](C(=O)N1C[C@]2(C[C@H]1C(=O)CC(CC1CCC1)C(=O)C(N)=O)C(C)(C)C21CCC1)C(C)(C)C)C(=O)N1CCNC(C)(C)C1. The normalized spacial score (nSPS) is 28.2. The van der Waals surface area contributed by atoms with Crippen LogP contribution in [0.15, 0.2) is 0 Å². The number of rotatable bonds is 14. The summed E-state index contributed by atoms with van der Waals surface area (Å²) in [5.74, 6) is -3.89. The second-order valence-electron chi connectivity index (χ2n) is 19.7. The molecule has 2 aliphatic heterocycles. The van der Waals surface area contributed by atoms with Crippen molar-refractivity contribution < 1.29 is 28.8 Å². The number of primary amides is 1. The molecule has 0 aromatic carbocycles. The fourth-order valence-electron chi connectivity index (χ4n) is 10.8. The average Bonchev–Trinajstić information content (AvgIpc) is 3.20. The number of amides is 3. The van der Waals surface area contributed by atoms with Crippen molar-refractivity contribution in [1.82, 2.24) is 15.1 Å². The molecule has 0 aromatic heterocycles. The van der Waals surface area contributed by atoms with E-state index >= 15 is 0 Å². The first-order valence-corrected chi connectivity index (χ1v) is 19.8. The Bertz CT molecular complexity index is 1420. The third-order valence-electron chi connectivity index (χ3n) is 14.6. The predicted molar refractivity (Wildman–Crippen MR) is 196 cm³/mol. The van der Waals surface area contributed by atoms with Crippen LogP contribution in [0.3, 0.4) is 0 Å².